The number of carbonyl (C=O) groups is 1. The van der Waals surface area contributed by atoms with Gasteiger partial charge in [0, 0.05) is 45.8 Å². The summed E-state index contributed by atoms with van der Waals surface area (Å²) < 4.78 is 5.16. The first-order chi connectivity index (χ1) is 12.2. The van der Waals surface area contributed by atoms with Gasteiger partial charge in [-0.15, -0.1) is 0 Å². The van der Waals surface area contributed by atoms with Crippen LogP contribution in [0.3, 0.4) is 0 Å². The van der Waals surface area contributed by atoms with E-state index in [1.54, 1.807) is 20.2 Å². The Morgan fingerprint density at radius 3 is 2.52 bits per heavy atom. The van der Waals surface area contributed by atoms with E-state index >= 15 is 0 Å². The Hall–Kier alpha value is -2.83. The monoisotopic (exact) mass is 341 g/mol. The summed E-state index contributed by atoms with van der Waals surface area (Å²) in [7, 11) is 1.66. The van der Waals surface area contributed by atoms with Gasteiger partial charge in [0.1, 0.15) is 11.6 Å². The van der Waals surface area contributed by atoms with Crippen molar-refractivity contribution in [1.29, 1.82) is 0 Å². The predicted octanol–water partition coefficient (Wildman–Crippen LogP) is 1.77. The smallest absolute Gasteiger partial charge is 0.224 e. The van der Waals surface area contributed by atoms with Gasteiger partial charge in [-0.25, -0.2) is 4.98 Å². The molecule has 1 amide bonds. The maximum atomic E-state index is 11.4. The molecule has 7 nitrogen and oxygen atoms in total. The summed E-state index contributed by atoms with van der Waals surface area (Å²) in [5.74, 6) is 2.45. The summed E-state index contributed by atoms with van der Waals surface area (Å²) in [4.78, 5) is 24.3. The highest BCUT2D eigenvalue weighted by atomic mass is 16.5. The van der Waals surface area contributed by atoms with Gasteiger partial charge in [0.2, 0.25) is 11.9 Å². The van der Waals surface area contributed by atoms with Crippen LogP contribution in [0.4, 0.5) is 11.8 Å². The van der Waals surface area contributed by atoms with Gasteiger partial charge >= 0.3 is 0 Å². The van der Waals surface area contributed by atoms with Crippen LogP contribution in [0.15, 0.2) is 36.5 Å². The molecule has 0 spiro atoms. The second kappa shape index (κ2) is 7.83. The number of nitrogens with zero attached hydrogens (tertiary/aromatic N) is 4. The Morgan fingerprint density at radius 1 is 1.16 bits per heavy atom. The number of carbonyl (C=O) groups excluding carboxylic acids is 1. The lowest BCUT2D eigenvalue weighted by molar-refractivity contribution is -0.129. The molecular formula is C18H23N5O2. The molecule has 0 saturated carbocycles. The summed E-state index contributed by atoms with van der Waals surface area (Å²) in [6.45, 7) is 5.29. The van der Waals surface area contributed by atoms with Gasteiger partial charge in [-0.3, -0.25) is 4.79 Å². The first-order valence-electron chi connectivity index (χ1n) is 8.36. The quantitative estimate of drug-likeness (QED) is 0.894. The Balaban J connectivity index is 1.58. The highest BCUT2D eigenvalue weighted by Crippen LogP contribution is 2.16. The van der Waals surface area contributed by atoms with Crippen LogP contribution in [-0.2, 0) is 11.3 Å². The van der Waals surface area contributed by atoms with Crippen LogP contribution in [0.1, 0.15) is 12.5 Å². The van der Waals surface area contributed by atoms with Crippen LogP contribution in [0.2, 0.25) is 0 Å². The molecule has 3 rings (SSSR count). The third-order valence-electron chi connectivity index (χ3n) is 4.30. The molecule has 25 heavy (non-hydrogen) atoms. The largest absolute Gasteiger partial charge is 0.497 e. The number of amides is 1. The van der Waals surface area contributed by atoms with Gasteiger partial charge in [-0.2, -0.15) is 4.98 Å². The zero-order chi connectivity index (χ0) is 17.6. The van der Waals surface area contributed by atoms with Gasteiger partial charge < -0.3 is 19.9 Å². The molecule has 1 N–H and O–H groups in total. The number of hydrogen-bond donors (Lipinski definition) is 1. The van der Waals surface area contributed by atoms with E-state index in [0.29, 0.717) is 12.5 Å². The molecule has 1 aliphatic rings. The SMILES string of the molecule is COc1ccc(CNc2nccc(N3CCN(C(C)=O)CC3)n2)cc1. The van der Waals surface area contributed by atoms with E-state index in [4.69, 9.17) is 4.74 Å². The molecule has 0 atom stereocenters. The first kappa shape index (κ1) is 17.0. The summed E-state index contributed by atoms with van der Waals surface area (Å²) in [5, 5.41) is 3.25. The number of ether oxygens (including phenoxy) is 1. The normalized spacial score (nSPS) is 14.3. The summed E-state index contributed by atoms with van der Waals surface area (Å²) in [6, 6.07) is 9.79. The molecule has 0 unspecified atom stereocenters. The molecule has 1 aromatic heterocycles. The van der Waals surface area contributed by atoms with Crippen LogP contribution in [0, 0.1) is 0 Å². The Labute approximate surface area is 147 Å². The maximum absolute atomic E-state index is 11.4. The highest BCUT2D eigenvalue weighted by Gasteiger charge is 2.19. The number of benzene rings is 1. The van der Waals surface area contributed by atoms with E-state index < -0.39 is 0 Å². The van der Waals surface area contributed by atoms with E-state index in [2.05, 4.69) is 20.2 Å². The summed E-state index contributed by atoms with van der Waals surface area (Å²) in [5.41, 5.74) is 1.13. The molecule has 0 bridgehead atoms. The summed E-state index contributed by atoms with van der Waals surface area (Å²) >= 11 is 0. The number of piperazine rings is 1. The topological polar surface area (TPSA) is 70.6 Å². The van der Waals surface area contributed by atoms with E-state index in [1.165, 1.54) is 0 Å². The van der Waals surface area contributed by atoms with Crippen molar-refractivity contribution in [2.24, 2.45) is 0 Å². The van der Waals surface area contributed by atoms with E-state index in [9.17, 15) is 4.79 Å². The highest BCUT2D eigenvalue weighted by molar-refractivity contribution is 5.73. The van der Waals surface area contributed by atoms with Gasteiger partial charge in [-0.05, 0) is 23.8 Å². The Morgan fingerprint density at radius 2 is 1.88 bits per heavy atom. The molecule has 1 aliphatic heterocycles. The van der Waals surface area contributed by atoms with Crippen molar-refractivity contribution in [3.63, 3.8) is 0 Å². The lowest BCUT2D eigenvalue weighted by atomic mass is 10.2. The zero-order valence-electron chi connectivity index (χ0n) is 14.6. The number of anilines is 2. The van der Waals surface area contributed by atoms with Crippen molar-refractivity contribution in [3.8, 4) is 5.75 Å². The minimum atomic E-state index is 0.129. The lowest BCUT2D eigenvalue weighted by Gasteiger charge is -2.34. The predicted molar refractivity (Wildman–Crippen MR) is 96.8 cm³/mol. The van der Waals surface area contributed by atoms with Crippen LogP contribution >= 0.6 is 0 Å². The summed E-state index contributed by atoms with van der Waals surface area (Å²) in [6.07, 6.45) is 1.76. The van der Waals surface area contributed by atoms with E-state index in [0.717, 1.165) is 43.3 Å². The van der Waals surface area contributed by atoms with Crippen molar-refractivity contribution in [2.45, 2.75) is 13.5 Å². The van der Waals surface area contributed by atoms with Gasteiger partial charge in [0.05, 0.1) is 7.11 Å². The Bertz CT molecular complexity index is 712. The Kier molecular flexibility index (Phi) is 5.33. The molecular weight excluding hydrogens is 318 g/mol. The fourth-order valence-electron chi connectivity index (χ4n) is 2.79. The van der Waals surface area contributed by atoms with Crippen molar-refractivity contribution in [1.82, 2.24) is 14.9 Å². The first-order valence-corrected chi connectivity index (χ1v) is 8.36. The van der Waals surface area contributed by atoms with Crippen molar-refractivity contribution >= 4 is 17.7 Å². The van der Waals surface area contributed by atoms with E-state index in [1.807, 2.05) is 35.2 Å². The minimum Gasteiger partial charge on any atom is -0.497 e. The van der Waals surface area contributed by atoms with Crippen LogP contribution in [0.5, 0.6) is 5.75 Å². The third-order valence-corrected chi connectivity index (χ3v) is 4.30. The number of methoxy groups -OCH3 is 1. The standard InChI is InChI=1S/C18H23N5O2/c1-14(24)22-9-11-23(12-10-22)17-7-8-19-18(21-17)20-13-15-3-5-16(25-2)6-4-15/h3-8H,9-13H2,1-2H3,(H,19,20,21). The van der Waals surface area contributed by atoms with E-state index in [-0.39, 0.29) is 5.91 Å². The fraction of sp³-hybridized carbons (Fsp3) is 0.389. The van der Waals surface area contributed by atoms with Crippen LogP contribution in [-0.4, -0.2) is 54.1 Å². The molecule has 132 valence electrons. The third kappa shape index (κ3) is 4.37. The average Bonchev–Trinajstić information content (AvgIpc) is 2.67. The fourth-order valence-corrected chi connectivity index (χ4v) is 2.79. The number of hydrogen-bond acceptors (Lipinski definition) is 6. The van der Waals surface area contributed by atoms with Crippen LogP contribution in [0.25, 0.3) is 0 Å². The molecule has 1 saturated heterocycles. The molecule has 2 heterocycles. The second-order valence-electron chi connectivity index (χ2n) is 5.93. The minimum absolute atomic E-state index is 0.129. The maximum Gasteiger partial charge on any atom is 0.224 e. The van der Waals surface area contributed by atoms with Crippen molar-refractivity contribution in [3.05, 3.63) is 42.1 Å². The lowest BCUT2D eigenvalue weighted by Crippen LogP contribution is -2.48. The number of aromatic nitrogens is 2. The average molecular weight is 341 g/mol. The van der Waals surface area contributed by atoms with Crippen molar-refractivity contribution < 1.29 is 9.53 Å². The zero-order valence-corrected chi connectivity index (χ0v) is 14.6. The molecule has 1 fully saturated rings. The number of rotatable bonds is 5. The molecule has 7 heteroatoms. The molecule has 0 radical (unpaired) electrons. The van der Waals surface area contributed by atoms with Crippen LogP contribution < -0.4 is 15.0 Å². The molecule has 2 aromatic rings. The number of nitrogens with one attached hydrogen (secondary N) is 1. The molecule has 0 aliphatic carbocycles. The van der Waals surface area contributed by atoms with Gasteiger partial charge in [0.25, 0.3) is 0 Å². The van der Waals surface area contributed by atoms with Crippen molar-refractivity contribution in [2.75, 3.05) is 43.5 Å². The second-order valence-corrected chi connectivity index (χ2v) is 5.93. The van der Waals surface area contributed by atoms with Gasteiger partial charge in [-0.1, -0.05) is 12.1 Å². The van der Waals surface area contributed by atoms with Gasteiger partial charge in [0.15, 0.2) is 0 Å². The molecule has 1 aromatic carbocycles.